The van der Waals surface area contributed by atoms with Crippen molar-refractivity contribution < 1.29 is 68.7 Å². The molecule has 25 heteroatoms. The highest BCUT2D eigenvalue weighted by atomic mass is 32.2. The molecule has 0 fully saturated rings. The van der Waals surface area contributed by atoms with Gasteiger partial charge in [-0.3, -0.25) is 53.8 Å². The van der Waals surface area contributed by atoms with Gasteiger partial charge in [-0.1, -0.05) is 87.0 Å². The number of fused-ring (bicyclic) bond motifs is 7. The number of phenolic OH excluding ortho intramolecular Hbond substituents is 1. The maximum atomic E-state index is 14.5. The van der Waals surface area contributed by atoms with Gasteiger partial charge < -0.3 is 63.6 Å². The van der Waals surface area contributed by atoms with E-state index >= 15 is 0 Å². The molecule has 10 atom stereocenters. The highest BCUT2D eigenvalue weighted by Crippen LogP contribution is 2.33. The lowest BCUT2D eigenvalue weighted by Gasteiger charge is -2.34. The van der Waals surface area contributed by atoms with Crippen molar-refractivity contribution in [2.24, 2.45) is 16.9 Å². The number of carbonyl (C=O) groups excluding carboxylic acids is 6. The van der Waals surface area contributed by atoms with Crippen LogP contribution < -0.4 is 48.7 Å². The van der Waals surface area contributed by atoms with Crippen LogP contribution in [0.25, 0.3) is 0 Å². The average molecular weight is 1110 g/mol. The van der Waals surface area contributed by atoms with Gasteiger partial charge in [0.05, 0.1) is 43.1 Å². The summed E-state index contributed by atoms with van der Waals surface area (Å²) in [6.07, 6.45) is -4.65. The Kier molecular flexibility index (Phi) is 22.2. The van der Waals surface area contributed by atoms with Crippen LogP contribution in [0, 0.1) is 12.3 Å². The quantitative estimate of drug-likeness (QED) is 0.128. The van der Waals surface area contributed by atoms with Crippen LogP contribution in [0.4, 0.5) is 0 Å². The Morgan fingerprint density at radius 1 is 0.675 bits per heavy atom. The third-order valence-corrected chi connectivity index (χ3v) is 15.0. The van der Waals surface area contributed by atoms with Crippen LogP contribution in [0.1, 0.15) is 85.9 Å². The van der Waals surface area contributed by atoms with Crippen molar-refractivity contribution in [2.45, 2.75) is 138 Å². The molecule has 0 radical (unpaired) electrons. The maximum absolute atomic E-state index is 14.5. The largest absolute Gasteiger partial charge is 0.508 e. The summed E-state index contributed by atoms with van der Waals surface area (Å²) in [7, 11) is 0. The molecule has 5 rings (SSSR count). The fourth-order valence-electron chi connectivity index (χ4n) is 8.87. The van der Waals surface area contributed by atoms with E-state index in [0.717, 1.165) is 16.7 Å². The number of carboxylic acid groups (broad SMARTS) is 3. The third-order valence-electron chi connectivity index (χ3n) is 12.8. The molecule has 2 heterocycles. The minimum absolute atomic E-state index is 0.0264. The molecular weight excluding hydrogens is 1040 g/mol. The molecule has 0 spiro atoms. The summed E-state index contributed by atoms with van der Waals surface area (Å²) >= 11 is 2.65. The molecule has 23 nitrogen and oxygen atoms in total. The van der Waals surface area contributed by atoms with Crippen LogP contribution in [-0.2, 0) is 67.5 Å². The number of carboxylic acids is 3. The second-order valence-corrected chi connectivity index (χ2v) is 22.4. The molecule has 2 aliphatic heterocycles. The molecule has 6 bridgehead atoms. The van der Waals surface area contributed by atoms with Crippen molar-refractivity contribution in [1.82, 2.24) is 37.2 Å². The van der Waals surface area contributed by atoms with E-state index in [4.69, 9.17) is 11.5 Å². The van der Waals surface area contributed by atoms with Crippen LogP contribution in [0.15, 0.2) is 66.7 Å². The summed E-state index contributed by atoms with van der Waals surface area (Å²) < 4.78 is 0. The first kappa shape index (κ1) is 61.1. The van der Waals surface area contributed by atoms with Crippen molar-refractivity contribution in [3.63, 3.8) is 0 Å². The second-order valence-electron chi connectivity index (χ2n) is 20.3. The van der Waals surface area contributed by atoms with Crippen molar-refractivity contribution in [3.8, 4) is 5.75 Å². The molecule has 418 valence electrons. The van der Waals surface area contributed by atoms with Gasteiger partial charge in [-0.25, -0.2) is 0 Å². The molecule has 77 heavy (non-hydrogen) atoms. The highest BCUT2D eigenvalue weighted by molar-refractivity contribution is 7.98. The van der Waals surface area contributed by atoms with Crippen LogP contribution in [0.5, 0.6) is 5.75 Å². The van der Waals surface area contributed by atoms with Gasteiger partial charge in [0.1, 0.15) is 36.1 Å². The summed E-state index contributed by atoms with van der Waals surface area (Å²) in [5, 5.41) is 70.9. The summed E-state index contributed by atoms with van der Waals surface area (Å²) in [5.74, 6) is -9.29. The Bertz CT molecular complexity index is 2640. The van der Waals surface area contributed by atoms with Gasteiger partial charge in [0.25, 0.3) is 0 Å². The van der Waals surface area contributed by atoms with Crippen LogP contribution in [0.3, 0.4) is 0 Å². The van der Waals surface area contributed by atoms with Crippen LogP contribution >= 0.6 is 23.5 Å². The predicted octanol–water partition coefficient (Wildman–Crippen LogP) is 0.0524. The van der Waals surface area contributed by atoms with Gasteiger partial charge in [0.15, 0.2) is 0 Å². The number of rotatable bonds is 10. The lowest BCUT2D eigenvalue weighted by molar-refractivity contribution is -0.142. The summed E-state index contributed by atoms with van der Waals surface area (Å²) in [5.41, 5.74) is 15.0. The number of nitrogens with one attached hydrogen (secondary N) is 7. The number of aryl methyl sites for hydroxylation is 1. The van der Waals surface area contributed by atoms with E-state index in [1.165, 1.54) is 35.7 Å². The minimum Gasteiger partial charge on any atom is -0.508 e. The van der Waals surface area contributed by atoms with Crippen molar-refractivity contribution >= 4 is 76.9 Å². The summed E-state index contributed by atoms with van der Waals surface area (Å²) in [4.78, 5) is 120. The summed E-state index contributed by atoms with van der Waals surface area (Å²) in [6, 6.07) is 6.46. The number of aliphatic hydroxyl groups excluding tert-OH is 1. The van der Waals surface area contributed by atoms with E-state index in [1.807, 2.05) is 25.1 Å². The monoisotopic (exact) mass is 1110 g/mol. The van der Waals surface area contributed by atoms with Gasteiger partial charge in [0.2, 0.25) is 35.4 Å². The molecular formula is C52H69N9O14S2. The molecule has 3 aromatic rings. The number of aliphatic hydroxyl groups is 1. The summed E-state index contributed by atoms with van der Waals surface area (Å²) in [6.45, 7) is 6.78. The highest BCUT2D eigenvalue weighted by Gasteiger charge is 2.40. The van der Waals surface area contributed by atoms with Crippen LogP contribution in [-0.4, -0.2) is 145 Å². The van der Waals surface area contributed by atoms with Gasteiger partial charge in [-0.05, 0) is 59.9 Å². The number of nitrogens with two attached hydrogens (primary N) is 2. The molecule has 6 amide bonds. The molecule has 0 saturated carbocycles. The number of aromatic hydroxyl groups is 1. The van der Waals surface area contributed by atoms with Crippen molar-refractivity contribution in [1.29, 1.82) is 0 Å². The number of primary amides is 1. The van der Waals surface area contributed by atoms with Gasteiger partial charge in [-0.2, -0.15) is 23.5 Å². The topological polar surface area (TPSA) is 391 Å². The van der Waals surface area contributed by atoms with Gasteiger partial charge in [0, 0.05) is 35.0 Å². The average Bonchev–Trinajstić information content (AvgIpc) is 3.51. The third kappa shape index (κ3) is 18.7. The van der Waals surface area contributed by atoms with Gasteiger partial charge in [-0.15, -0.1) is 0 Å². The lowest BCUT2D eigenvalue weighted by atomic mass is 9.85. The number of thioether (sulfide) groups is 2. The molecule has 2 aliphatic rings. The maximum Gasteiger partial charge on any atom is 0.305 e. The normalized spacial score (nSPS) is 25.9. The standard InChI is InChI=1S/C52H69N9O14S2/c1-26-14-29-16-30(15-26)23-77-25-38(45(54)69)60-51(75)44(52(2,3)4)61-50(74)37(21-42(67)68)59-48(72)35-19-28-10-12-39(62)31(17-28)43(55-35)34(18-27-8-6-5-7-9-27)57-49(73)36(20-41(65)66)58-47(71)33(11-13-40(63)64)56-46(70)32(53)24-76-22-29/h5-10,12,14-17,32-38,43-44,46,55-56,62,70H,11,13,18-25,53H2,1-4H3,(H2,54,69)(H,57,73)(H,58,71)(H,59,72)(H,60,75)(H,61,74)(H,63,64)(H,65,66)(H,67,68). The Morgan fingerprint density at radius 2 is 1.26 bits per heavy atom. The Labute approximate surface area is 453 Å². The lowest BCUT2D eigenvalue weighted by Crippen LogP contribution is -2.62. The number of aliphatic carboxylic acids is 3. The Balaban J connectivity index is 1.57. The smallest absolute Gasteiger partial charge is 0.305 e. The fraction of sp³-hybridized carbons (Fsp3) is 0.481. The first-order valence-corrected chi connectivity index (χ1v) is 27.1. The Morgan fingerprint density at radius 3 is 1.84 bits per heavy atom. The minimum atomic E-state index is -1.82. The number of benzene rings is 3. The number of amides is 6. The SMILES string of the molecule is Cc1cc2cc(c1)CSCC(N)C(O)NC(CCC(=O)O)C(=O)NC(CC(=O)O)C(=O)NC(Cc1ccccc1)C1NC(Cc3ccc(O)c1c3)C(=O)NC(CC(=O)O)C(=O)NC(C(C)(C)C)C(=O)NC(C(N)=O)CSC2. The van der Waals surface area contributed by atoms with Crippen molar-refractivity contribution in [2.75, 3.05) is 11.5 Å². The van der Waals surface area contributed by atoms with E-state index in [0.29, 0.717) is 22.6 Å². The number of carbonyl (C=O) groups is 9. The zero-order valence-electron chi connectivity index (χ0n) is 43.1. The van der Waals surface area contributed by atoms with Crippen molar-refractivity contribution in [3.05, 3.63) is 100 Å². The van der Waals surface area contributed by atoms with E-state index in [1.54, 1.807) is 57.2 Å². The molecule has 3 aromatic carbocycles. The zero-order chi connectivity index (χ0) is 56.7. The molecule has 16 N–H and O–H groups in total. The Hall–Kier alpha value is -6.77. The number of phenols is 1. The first-order valence-electron chi connectivity index (χ1n) is 24.8. The number of hydrogen-bond acceptors (Lipinski definition) is 16. The zero-order valence-corrected chi connectivity index (χ0v) is 44.7. The van der Waals surface area contributed by atoms with Crippen LogP contribution in [0.2, 0.25) is 0 Å². The second kappa shape index (κ2) is 28.0. The van der Waals surface area contributed by atoms with E-state index in [-0.39, 0.29) is 35.7 Å². The van der Waals surface area contributed by atoms with Gasteiger partial charge >= 0.3 is 17.9 Å². The van der Waals surface area contributed by atoms with E-state index in [9.17, 15) is 68.7 Å². The number of hydrogen-bond donors (Lipinski definition) is 14. The van der Waals surface area contributed by atoms with E-state index < -0.39 is 145 Å². The molecule has 10 unspecified atom stereocenters. The molecule has 0 aromatic heterocycles. The van der Waals surface area contributed by atoms with E-state index in [2.05, 4.69) is 37.2 Å². The fourth-order valence-corrected chi connectivity index (χ4v) is 10.8. The molecule has 0 aliphatic carbocycles. The molecule has 0 saturated heterocycles. The predicted molar refractivity (Wildman–Crippen MR) is 286 cm³/mol. The first-order chi connectivity index (χ1) is 36.3.